The summed E-state index contributed by atoms with van der Waals surface area (Å²) in [5, 5.41) is 2.79. The van der Waals surface area contributed by atoms with Crippen LogP contribution in [-0.4, -0.2) is 49.9 Å². The highest BCUT2D eigenvalue weighted by molar-refractivity contribution is 7.89. The fraction of sp³-hybridized carbons (Fsp3) is 0.217. The monoisotopic (exact) mass is 467 g/mol. The van der Waals surface area contributed by atoms with Gasteiger partial charge in [0.1, 0.15) is 16.4 Å². The van der Waals surface area contributed by atoms with E-state index in [-0.39, 0.29) is 35.0 Å². The summed E-state index contributed by atoms with van der Waals surface area (Å²) < 4.78 is 45.7. The van der Waals surface area contributed by atoms with E-state index in [1.165, 1.54) is 22.6 Å². The molecule has 1 aromatic heterocycles. The van der Waals surface area contributed by atoms with Gasteiger partial charge in [0.05, 0.1) is 30.7 Å². The summed E-state index contributed by atoms with van der Waals surface area (Å²) in [7, 11) is -3.98. The Bertz CT molecular complexity index is 1320. The molecule has 5 rings (SSSR count). The molecule has 3 aromatic rings. The first-order valence-corrected chi connectivity index (χ1v) is 11.8. The summed E-state index contributed by atoms with van der Waals surface area (Å²) in [5.41, 5.74) is 1.54. The van der Waals surface area contributed by atoms with E-state index in [9.17, 15) is 13.2 Å². The van der Waals surface area contributed by atoms with Gasteiger partial charge in [0.2, 0.25) is 10.0 Å². The molecule has 1 N–H and O–H groups in total. The van der Waals surface area contributed by atoms with Gasteiger partial charge in [-0.05, 0) is 42.8 Å². The molecule has 2 aromatic carbocycles. The van der Waals surface area contributed by atoms with Crippen LogP contribution in [-0.2, 0) is 14.8 Å². The van der Waals surface area contributed by atoms with Crippen LogP contribution in [0.5, 0.6) is 23.0 Å². The fourth-order valence-corrected chi connectivity index (χ4v) is 5.20. The number of amides is 1. The maximum absolute atomic E-state index is 13.5. The van der Waals surface area contributed by atoms with E-state index in [2.05, 4.69) is 10.3 Å². The third-order valence-electron chi connectivity index (χ3n) is 5.35. The van der Waals surface area contributed by atoms with Crippen molar-refractivity contribution in [1.29, 1.82) is 0 Å². The molecule has 1 saturated heterocycles. The number of anilines is 1. The van der Waals surface area contributed by atoms with E-state index in [1.807, 2.05) is 13.0 Å². The molecule has 9 nitrogen and oxygen atoms in total. The second kappa shape index (κ2) is 8.47. The number of aromatic nitrogens is 1. The molecule has 33 heavy (non-hydrogen) atoms. The third kappa shape index (κ3) is 4.15. The summed E-state index contributed by atoms with van der Waals surface area (Å²) in [5.74, 6) is 0.566. The zero-order valence-electron chi connectivity index (χ0n) is 17.8. The van der Waals surface area contributed by atoms with Crippen molar-refractivity contribution >= 4 is 21.6 Å². The van der Waals surface area contributed by atoms with Crippen molar-refractivity contribution in [2.24, 2.45) is 0 Å². The Labute approximate surface area is 191 Å². The van der Waals surface area contributed by atoms with Crippen molar-refractivity contribution in [2.75, 3.05) is 31.6 Å². The summed E-state index contributed by atoms with van der Waals surface area (Å²) >= 11 is 0. The zero-order chi connectivity index (χ0) is 23.0. The summed E-state index contributed by atoms with van der Waals surface area (Å²) in [6, 6.07) is 11.5. The van der Waals surface area contributed by atoms with Crippen LogP contribution in [0.4, 0.5) is 5.69 Å². The van der Waals surface area contributed by atoms with E-state index >= 15 is 0 Å². The lowest BCUT2D eigenvalue weighted by Gasteiger charge is -2.27. The van der Waals surface area contributed by atoms with Crippen molar-refractivity contribution in [3.63, 3.8) is 0 Å². The molecule has 0 unspecified atom stereocenters. The first kappa shape index (κ1) is 21.4. The number of carbonyl (C=O) groups excluding carboxylic acids is 1. The summed E-state index contributed by atoms with van der Waals surface area (Å²) in [6.45, 7) is 2.91. The van der Waals surface area contributed by atoms with Crippen LogP contribution in [0.1, 0.15) is 15.9 Å². The van der Waals surface area contributed by atoms with Gasteiger partial charge in [-0.1, -0.05) is 6.07 Å². The Hall–Kier alpha value is -3.47. The van der Waals surface area contributed by atoms with Crippen molar-refractivity contribution < 1.29 is 27.4 Å². The number of hydrogen-bond donors (Lipinski definition) is 1. The van der Waals surface area contributed by atoms with Crippen LogP contribution in [0.25, 0.3) is 0 Å². The predicted octanol–water partition coefficient (Wildman–Crippen LogP) is 3.56. The van der Waals surface area contributed by atoms with Crippen molar-refractivity contribution in [3.05, 3.63) is 66.0 Å². The second-order valence-corrected chi connectivity index (χ2v) is 9.56. The van der Waals surface area contributed by atoms with Crippen LogP contribution >= 0.6 is 0 Å². The molecule has 0 spiro atoms. The van der Waals surface area contributed by atoms with Gasteiger partial charge in [0, 0.05) is 25.4 Å². The Morgan fingerprint density at radius 1 is 1.09 bits per heavy atom. The molecule has 3 heterocycles. The summed E-state index contributed by atoms with van der Waals surface area (Å²) in [6.07, 6.45) is 3.06. The number of morpholine rings is 1. The van der Waals surface area contributed by atoms with Crippen LogP contribution in [0, 0.1) is 6.92 Å². The lowest BCUT2D eigenvalue weighted by Crippen LogP contribution is -2.40. The Morgan fingerprint density at radius 3 is 2.67 bits per heavy atom. The topological polar surface area (TPSA) is 107 Å². The number of hydrogen-bond acceptors (Lipinski definition) is 7. The van der Waals surface area contributed by atoms with Gasteiger partial charge in [0.15, 0.2) is 11.5 Å². The molecular formula is C23H21N3O6S. The SMILES string of the molecule is Cc1ccc2c(c1)Oc1cc(Oc3cccnc3)c(S(=O)(=O)N3CCOCC3)cc1C(=O)N2. The van der Waals surface area contributed by atoms with Gasteiger partial charge in [-0.2, -0.15) is 4.31 Å². The van der Waals surface area contributed by atoms with E-state index in [1.54, 1.807) is 30.5 Å². The molecular weight excluding hydrogens is 446 g/mol. The van der Waals surface area contributed by atoms with E-state index in [0.29, 0.717) is 30.4 Å². The standard InChI is InChI=1S/C23H21N3O6S/c1-15-4-5-18-20(11-15)32-19-13-21(31-16-3-2-6-24-14-16)22(12-17(19)23(27)25-18)33(28,29)26-7-9-30-10-8-26/h2-6,11-14H,7-10H2,1H3,(H,25,27). The number of aryl methyl sites for hydroxylation is 1. The van der Waals surface area contributed by atoms with E-state index < -0.39 is 15.9 Å². The lowest BCUT2D eigenvalue weighted by molar-refractivity contribution is 0.0729. The Kier molecular flexibility index (Phi) is 5.49. The van der Waals surface area contributed by atoms with Gasteiger partial charge in [0.25, 0.3) is 5.91 Å². The molecule has 0 atom stereocenters. The number of fused-ring (bicyclic) bond motifs is 2. The molecule has 1 amide bonds. The minimum atomic E-state index is -3.98. The predicted molar refractivity (Wildman–Crippen MR) is 120 cm³/mol. The maximum Gasteiger partial charge on any atom is 0.259 e. The maximum atomic E-state index is 13.5. The molecule has 2 aliphatic rings. The third-order valence-corrected chi connectivity index (χ3v) is 7.27. The number of benzene rings is 2. The molecule has 2 aliphatic heterocycles. The second-order valence-electron chi connectivity index (χ2n) is 7.66. The van der Waals surface area contributed by atoms with Gasteiger partial charge in [-0.15, -0.1) is 0 Å². The highest BCUT2D eigenvalue weighted by atomic mass is 32.2. The van der Waals surface area contributed by atoms with Gasteiger partial charge < -0.3 is 19.5 Å². The number of nitrogens with one attached hydrogen (secondary N) is 1. The van der Waals surface area contributed by atoms with Crippen molar-refractivity contribution in [1.82, 2.24) is 9.29 Å². The van der Waals surface area contributed by atoms with Crippen LogP contribution in [0.2, 0.25) is 0 Å². The van der Waals surface area contributed by atoms with Crippen molar-refractivity contribution in [3.8, 4) is 23.0 Å². The molecule has 170 valence electrons. The van der Waals surface area contributed by atoms with Gasteiger partial charge in [-0.3, -0.25) is 9.78 Å². The summed E-state index contributed by atoms with van der Waals surface area (Å²) in [4.78, 5) is 16.9. The minimum absolute atomic E-state index is 0.0390. The Morgan fingerprint density at radius 2 is 1.91 bits per heavy atom. The highest BCUT2D eigenvalue weighted by Gasteiger charge is 2.33. The average molecular weight is 468 g/mol. The molecule has 0 radical (unpaired) electrons. The molecule has 0 saturated carbocycles. The van der Waals surface area contributed by atoms with Gasteiger partial charge in [-0.25, -0.2) is 8.42 Å². The number of ether oxygens (including phenoxy) is 3. The number of sulfonamides is 1. The Balaban J connectivity index is 1.65. The minimum Gasteiger partial charge on any atom is -0.454 e. The quantitative estimate of drug-likeness (QED) is 0.625. The van der Waals surface area contributed by atoms with E-state index in [0.717, 1.165) is 5.56 Å². The molecule has 10 heteroatoms. The smallest absolute Gasteiger partial charge is 0.259 e. The normalized spacial score (nSPS) is 16.1. The highest BCUT2D eigenvalue weighted by Crippen LogP contribution is 2.42. The molecule has 0 bridgehead atoms. The average Bonchev–Trinajstić information content (AvgIpc) is 2.95. The molecule has 0 aliphatic carbocycles. The first-order chi connectivity index (χ1) is 15.9. The first-order valence-electron chi connectivity index (χ1n) is 10.4. The fourth-order valence-electron chi connectivity index (χ4n) is 3.67. The number of carbonyl (C=O) groups is 1. The number of rotatable bonds is 4. The van der Waals surface area contributed by atoms with Crippen molar-refractivity contribution in [2.45, 2.75) is 11.8 Å². The van der Waals surface area contributed by atoms with Crippen LogP contribution in [0.3, 0.4) is 0 Å². The molecule has 1 fully saturated rings. The largest absolute Gasteiger partial charge is 0.454 e. The van der Waals surface area contributed by atoms with Crippen LogP contribution in [0.15, 0.2) is 59.8 Å². The lowest BCUT2D eigenvalue weighted by atomic mass is 10.1. The number of nitrogens with zero attached hydrogens (tertiary/aromatic N) is 2. The van der Waals surface area contributed by atoms with Gasteiger partial charge >= 0.3 is 0 Å². The zero-order valence-corrected chi connectivity index (χ0v) is 18.6. The van der Waals surface area contributed by atoms with E-state index in [4.69, 9.17) is 14.2 Å². The van der Waals surface area contributed by atoms with Crippen LogP contribution < -0.4 is 14.8 Å². The number of pyridine rings is 1.